The smallest absolute Gasteiger partial charge is 0.239 e. The van der Waals surface area contributed by atoms with Gasteiger partial charge < -0.3 is 4.90 Å². The van der Waals surface area contributed by atoms with Crippen LogP contribution in [0.2, 0.25) is 0 Å². The Morgan fingerprint density at radius 3 is 2.89 bits per heavy atom. The molecule has 3 nitrogen and oxygen atoms in total. The van der Waals surface area contributed by atoms with Crippen molar-refractivity contribution < 1.29 is 4.79 Å². The molecule has 1 fully saturated rings. The van der Waals surface area contributed by atoms with Crippen LogP contribution >= 0.6 is 0 Å². The third-order valence-electron chi connectivity index (χ3n) is 3.56. The molecule has 2 rings (SSSR count). The number of hydrogen-bond donors (Lipinski definition) is 0. The van der Waals surface area contributed by atoms with Gasteiger partial charge in [-0.05, 0) is 31.9 Å². The SMILES string of the molecule is Cc1cccc(CN2CCCC2C(=O)N(C)C)c1. The van der Waals surface area contributed by atoms with E-state index in [1.165, 1.54) is 11.1 Å². The fraction of sp³-hybridized carbons (Fsp3) is 0.533. The summed E-state index contributed by atoms with van der Waals surface area (Å²) >= 11 is 0. The molecule has 1 unspecified atom stereocenters. The normalized spacial score (nSPS) is 20.1. The summed E-state index contributed by atoms with van der Waals surface area (Å²) < 4.78 is 0. The Kier molecular flexibility index (Phi) is 4.02. The minimum atomic E-state index is 0.0699. The molecular formula is C15H22N2O. The van der Waals surface area contributed by atoms with Crippen molar-refractivity contribution in [2.45, 2.75) is 32.4 Å². The highest BCUT2D eigenvalue weighted by Crippen LogP contribution is 2.21. The third-order valence-corrected chi connectivity index (χ3v) is 3.56. The van der Waals surface area contributed by atoms with Crippen LogP contribution in [0.5, 0.6) is 0 Å². The van der Waals surface area contributed by atoms with Crippen LogP contribution in [-0.4, -0.2) is 42.4 Å². The third kappa shape index (κ3) is 2.91. The molecule has 0 N–H and O–H groups in total. The molecule has 0 spiro atoms. The average molecular weight is 246 g/mol. The highest BCUT2D eigenvalue weighted by atomic mass is 16.2. The molecule has 1 aliphatic rings. The van der Waals surface area contributed by atoms with E-state index in [2.05, 4.69) is 36.1 Å². The first-order chi connectivity index (χ1) is 8.58. The van der Waals surface area contributed by atoms with E-state index >= 15 is 0 Å². The van der Waals surface area contributed by atoms with Gasteiger partial charge in [-0.25, -0.2) is 0 Å². The highest BCUT2D eigenvalue weighted by molar-refractivity contribution is 5.81. The lowest BCUT2D eigenvalue weighted by atomic mass is 10.1. The largest absolute Gasteiger partial charge is 0.347 e. The van der Waals surface area contributed by atoms with Gasteiger partial charge in [0.25, 0.3) is 0 Å². The molecule has 0 radical (unpaired) electrons. The fourth-order valence-electron chi connectivity index (χ4n) is 2.64. The first-order valence-corrected chi connectivity index (χ1v) is 6.58. The second-order valence-corrected chi connectivity index (χ2v) is 5.35. The van der Waals surface area contributed by atoms with Gasteiger partial charge in [-0.15, -0.1) is 0 Å². The van der Waals surface area contributed by atoms with Gasteiger partial charge in [0, 0.05) is 20.6 Å². The average Bonchev–Trinajstić information content (AvgIpc) is 2.76. The van der Waals surface area contributed by atoms with Crippen LogP contribution in [0, 0.1) is 6.92 Å². The summed E-state index contributed by atoms with van der Waals surface area (Å²) in [7, 11) is 3.68. The van der Waals surface area contributed by atoms with Gasteiger partial charge in [-0.3, -0.25) is 9.69 Å². The predicted molar refractivity (Wildman–Crippen MR) is 73.3 cm³/mol. The number of likely N-dealkylation sites (N-methyl/N-ethyl adjacent to an activating group) is 1. The molecule has 18 heavy (non-hydrogen) atoms. The number of likely N-dealkylation sites (tertiary alicyclic amines) is 1. The van der Waals surface area contributed by atoms with Crippen LogP contribution in [-0.2, 0) is 11.3 Å². The maximum atomic E-state index is 12.1. The Labute approximate surface area is 109 Å². The Morgan fingerprint density at radius 2 is 2.22 bits per heavy atom. The van der Waals surface area contributed by atoms with Crippen LogP contribution in [0.4, 0.5) is 0 Å². The molecule has 1 saturated heterocycles. The predicted octanol–water partition coefficient (Wildman–Crippen LogP) is 2.05. The van der Waals surface area contributed by atoms with Crippen LogP contribution in [0.25, 0.3) is 0 Å². The quantitative estimate of drug-likeness (QED) is 0.815. The van der Waals surface area contributed by atoms with Crippen molar-refractivity contribution in [3.8, 4) is 0 Å². The number of benzene rings is 1. The van der Waals surface area contributed by atoms with Crippen molar-refractivity contribution in [1.29, 1.82) is 0 Å². The molecule has 0 aliphatic carbocycles. The maximum Gasteiger partial charge on any atom is 0.239 e. The zero-order valence-electron chi connectivity index (χ0n) is 11.5. The number of nitrogens with zero attached hydrogens (tertiary/aromatic N) is 2. The molecule has 0 saturated carbocycles. The lowest BCUT2D eigenvalue weighted by Crippen LogP contribution is -2.42. The number of amides is 1. The van der Waals surface area contributed by atoms with Gasteiger partial charge in [-0.2, -0.15) is 0 Å². The van der Waals surface area contributed by atoms with E-state index in [4.69, 9.17) is 0 Å². The van der Waals surface area contributed by atoms with E-state index in [0.717, 1.165) is 25.9 Å². The van der Waals surface area contributed by atoms with Crippen LogP contribution < -0.4 is 0 Å². The maximum absolute atomic E-state index is 12.1. The summed E-state index contributed by atoms with van der Waals surface area (Å²) in [5.74, 6) is 0.236. The molecule has 1 aromatic carbocycles. The minimum absolute atomic E-state index is 0.0699. The Bertz CT molecular complexity index is 428. The molecule has 1 aromatic rings. The molecule has 0 bridgehead atoms. The van der Waals surface area contributed by atoms with E-state index in [9.17, 15) is 4.79 Å². The lowest BCUT2D eigenvalue weighted by Gasteiger charge is -2.26. The zero-order chi connectivity index (χ0) is 13.1. The van der Waals surface area contributed by atoms with E-state index in [1.54, 1.807) is 4.90 Å². The Balaban J connectivity index is 2.06. The Morgan fingerprint density at radius 1 is 1.44 bits per heavy atom. The molecule has 1 heterocycles. The monoisotopic (exact) mass is 246 g/mol. The van der Waals surface area contributed by atoms with Gasteiger partial charge in [0.05, 0.1) is 6.04 Å². The van der Waals surface area contributed by atoms with E-state index in [0.29, 0.717) is 0 Å². The summed E-state index contributed by atoms with van der Waals surface area (Å²) in [5, 5.41) is 0. The molecule has 1 aliphatic heterocycles. The molecule has 0 aromatic heterocycles. The fourth-order valence-corrected chi connectivity index (χ4v) is 2.64. The van der Waals surface area contributed by atoms with Crippen LogP contribution in [0.3, 0.4) is 0 Å². The molecule has 98 valence electrons. The van der Waals surface area contributed by atoms with Gasteiger partial charge >= 0.3 is 0 Å². The van der Waals surface area contributed by atoms with Gasteiger partial charge in [0.1, 0.15) is 0 Å². The second kappa shape index (κ2) is 5.53. The van der Waals surface area contributed by atoms with E-state index in [1.807, 2.05) is 14.1 Å². The summed E-state index contributed by atoms with van der Waals surface area (Å²) in [4.78, 5) is 16.1. The molecule has 3 heteroatoms. The minimum Gasteiger partial charge on any atom is -0.347 e. The van der Waals surface area contributed by atoms with Gasteiger partial charge in [0.15, 0.2) is 0 Å². The summed E-state index contributed by atoms with van der Waals surface area (Å²) in [6.45, 7) is 4.01. The van der Waals surface area contributed by atoms with Gasteiger partial charge in [-0.1, -0.05) is 29.8 Å². The van der Waals surface area contributed by atoms with Gasteiger partial charge in [0.2, 0.25) is 5.91 Å². The number of rotatable bonds is 3. The summed E-state index contributed by atoms with van der Waals surface area (Å²) in [6, 6.07) is 8.61. The van der Waals surface area contributed by atoms with Crippen molar-refractivity contribution in [3.05, 3.63) is 35.4 Å². The Hall–Kier alpha value is -1.35. The first-order valence-electron chi connectivity index (χ1n) is 6.58. The molecule has 1 amide bonds. The van der Waals surface area contributed by atoms with Crippen LogP contribution in [0.1, 0.15) is 24.0 Å². The second-order valence-electron chi connectivity index (χ2n) is 5.35. The van der Waals surface area contributed by atoms with Crippen molar-refractivity contribution >= 4 is 5.91 Å². The van der Waals surface area contributed by atoms with E-state index in [-0.39, 0.29) is 11.9 Å². The van der Waals surface area contributed by atoms with Crippen molar-refractivity contribution in [1.82, 2.24) is 9.80 Å². The lowest BCUT2D eigenvalue weighted by molar-refractivity contribution is -0.133. The number of aryl methyl sites for hydroxylation is 1. The first kappa shape index (κ1) is 13.1. The highest BCUT2D eigenvalue weighted by Gasteiger charge is 2.31. The van der Waals surface area contributed by atoms with Crippen molar-refractivity contribution in [2.75, 3.05) is 20.6 Å². The molecule has 1 atom stereocenters. The van der Waals surface area contributed by atoms with Crippen LogP contribution in [0.15, 0.2) is 24.3 Å². The van der Waals surface area contributed by atoms with Crippen molar-refractivity contribution in [2.24, 2.45) is 0 Å². The number of hydrogen-bond acceptors (Lipinski definition) is 2. The van der Waals surface area contributed by atoms with E-state index < -0.39 is 0 Å². The number of carbonyl (C=O) groups is 1. The summed E-state index contributed by atoms with van der Waals surface area (Å²) in [5.41, 5.74) is 2.58. The van der Waals surface area contributed by atoms with Crippen molar-refractivity contribution in [3.63, 3.8) is 0 Å². The topological polar surface area (TPSA) is 23.6 Å². The molecular weight excluding hydrogens is 224 g/mol. The summed E-state index contributed by atoms with van der Waals surface area (Å²) in [6.07, 6.45) is 2.11. The number of carbonyl (C=O) groups excluding carboxylic acids is 1. The zero-order valence-corrected chi connectivity index (χ0v) is 11.5. The standard InChI is InChI=1S/C15H22N2O/c1-12-6-4-7-13(10-12)11-17-9-5-8-14(17)15(18)16(2)3/h4,6-7,10,14H,5,8-9,11H2,1-3H3.